The van der Waals surface area contributed by atoms with Crippen molar-refractivity contribution in [3.63, 3.8) is 0 Å². The zero-order valence-electron chi connectivity index (χ0n) is 19.0. The first kappa shape index (κ1) is 23.9. The average molecular weight is 481 g/mol. The highest BCUT2D eigenvalue weighted by Gasteiger charge is 2.30. The molecule has 0 spiro atoms. The molecule has 1 fully saturated rings. The fourth-order valence-corrected chi connectivity index (χ4v) is 5.01. The summed E-state index contributed by atoms with van der Waals surface area (Å²) in [4.78, 5) is 12.8. The third-order valence-corrected chi connectivity index (χ3v) is 7.08. The molecule has 8 heteroatoms. The predicted octanol–water partition coefficient (Wildman–Crippen LogP) is 3.78. The van der Waals surface area contributed by atoms with Gasteiger partial charge in [0.1, 0.15) is 10.6 Å². The van der Waals surface area contributed by atoms with Gasteiger partial charge in [0.15, 0.2) is 0 Å². The van der Waals surface area contributed by atoms with Crippen molar-refractivity contribution < 1.29 is 22.7 Å². The Kier molecular flexibility index (Phi) is 7.62. The van der Waals surface area contributed by atoms with Crippen molar-refractivity contribution in [3.8, 4) is 5.75 Å². The summed E-state index contributed by atoms with van der Waals surface area (Å²) >= 11 is 0. The van der Waals surface area contributed by atoms with Crippen LogP contribution in [0.4, 0.5) is 0 Å². The van der Waals surface area contributed by atoms with Crippen LogP contribution in [0.1, 0.15) is 39.9 Å². The number of amides is 1. The third kappa shape index (κ3) is 6.22. The van der Waals surface area contributed by atoms with E-state index in [2.05, 4.69) is 10.0 Å². The van der Waals surface area contributed by atoms with Crippen LogP contribution >= 0.6 is 0 Å². The first-order valence-electron chi connectivity index (χ1n) is 11.1. The molecule has 0 radical (unpaired) electrons. The van der Waals surface area contributed by atoms with Gasteiger partial charge in [0.2, 0.25) is 10.0 Å². The molecule has 0 atom stereocenters. The highest BCUT2D eigenvalue weighted by atomic mass is 32.2. The van der Waals surface area contributed by atoms with Crippen molar-refractivity contribution in [1.82, 2.24) is 10.0 Å². The van der Waals surface area contributed by atoms with Gasteiger partial charge >= 0.3 is 0 Å². The van der Waals surface area contributed by atoms with Crippen LogP contribution in [-0.4, -0.2) is 27.5 Å². The summed E-state index contributed by atoms with van der Waals surface area (Å²) in [6.07, 6.45) is 1.63. The molecular weight excluding hydrogens is 452 g/mol. The minimum Gasteiger partial charge on any atom is -0.495 e. The quantitative estimate of drug-likeness (QED) is 0.436. The van der Waals surface area contributed by atoms with Gasteiger partial charge in [-0.2, -0.15) is 0 Å². The van der Waals surface area contributed by atoms with E-state index in [9.17, 15) is 13.2 Å². The molecule has 0 aromatic heterocycles. The number of carbonyl (C=O) groups is 1. The normalized spacial score (nSPS) is 13.4. The van der Waals surface area contributed by atoms with E-state index in [1.165, 1.54) is 19.2 Å². The van der Waals surface area contributed by atoms with Crippen LogP contribution < -0.4 is 14.8 Å². The Morgan fingerprint density at radius 2 is 1.65 bits per heavy atom. The Morgan fingerprint density at radius 1 is 0.941 bits per heavy atom. The van der Waals surface area contributed by atoms with E-state index in [1.54, 1.807) is 6.07 Å². The van der Waals surface area contributed by atoms with Crippen LogP contribution in [0.5, 0.6) is 5.75 Å². The monoisotopic (exact) mass is 480 g/mol. The summed E-state index contributed by atoms with van der Waals surface area (Å²) in [6, 6.07) is 22.0. The number of methoxy groups -OCH3 is 1. The van der Waals surface area contributed by atoms with Gasteiger partial charge in [0.05, 0.1) is 20.3 Å². The van der Waals surface area contributed by atoms with Crippen molar-refractivity contribution >= 4 is 15.9 Å². The third-order valence-electron chi connectivity index (χ3n) is 5.54. The molecule has 34 heavy (non-hydrogen) atoms. The minimum absolute atomic E-state index is 0.0377. The van der Waals surface area contributed by atoms with Gasteiger partial charge in [0.25, 0.3) is 5.91 Å². The lowest BCUT2D eigenvalue weighted by Crippen LogP contribution is -2.27. The summed E-state index contributed by atoms with van der Waals surface area (Å²) < 4.78 is 39.2. The second-order valence-electron chi connectivity index (χ2n) is 8.19. The maximum Gasteiger partial charge on any atom is 0.251 e. The molecule has 2 N–H and O–H groups in total. The van der Waals surface area contributed by atoms with E-state index in [1.807, 2.05) is 54.6 Å². The van der Waals surface area contributed by atoms with E-state index in [0.717, 1.165) is 29.5 Å². The van der Waals surface area contributed by atoms with Crippen LogP contribution in [0.2, 0.25) is 0 Å². The second kappa shape index (κ2) is 10.8. The predicted molar refractivity (Wildman–Crippen MR) is 129 cm³/mol. The van der Waals surface area contributed by atoms with Gasteiger partial charge in [-0.05, 0) is 47.7 Å². The topological polar surface area (TPSA) is 93.7 Å². The molecule has 7 nitrogen and oxygen atoms in total. The number of rotatable bonds is 11. The number of sulfonamides is 1. The molecule has 1 aliphatic carbocycles. The lowest BCUT2D eigenvalue weighted by molar-refractivity contribution is 0.0947. The number of benzene rings is 3. The fourth-order valence-electron chi connectivity index (χ4n) is 3.51. The van der Waals surface area contributed by atoms with Gasteiger partial charge in [-0.1, -0.05) is 54.6 Å². The number of nitrogens with one attached hydrogen (secondary N) is 2. The molecule has 1 aliphatic rings. The van der Waals surface area contributed by atoms with Crippen molar-refractivity contribution in [1.29, 1.82) is 0 Å². The summed E-state index contributed by atoms with van der Waals surface area (Å²) in [6.45, 7) is 1.20. The summed E-state index contributed by atoms with van der Waals surface area (Å²) in [5, 5.41) is 2.88. The molecule has 1 amide bonds. The Labute approximate surface area is 200 Å². The molecule has 0 saturated heterocycles. The molecule has 0 bridgehead atoms. The summed E-state index contributed by atoms with van der Waals surface area (Å²) in [7, 11) is -2.37. The van der Waals surface area contributed by atoms with Gasteiger partial charge in [-0.25, -0.2) is 13.1 Å². The average Bonchev–Trinajstić information content (AvgIpc) is 3.67. The molecule has 178 valence electrons. The highest BCUT2D eigenvalue weighted by molar-refractivity contribution is 7.89. The van der Waals surface area contributed by atoms with Crippen molar-refractivity contribution in [3.05, 3.63) is 95.1 Å². The van der Waals surface area contributed by atoms with E-state index in [-0.39, 0.29) is 34.7 Å². The van der Waals surface area contributed by atoms with E-state index < -0.39 is 10.0 Å². The van der Waals surface area contributed by atoms with Gasteiger partial charge < -0.3 is 14.8 Å². The standard InChI is InChI=1S/C26H28N2O5S/c1-32-24-14-11-20(15-25(24)34(30,31)28-23-12-13-23)26(29)27-16-21-9-5-6-10-22(21)18-33-17-19-7-3-2-4-8-19/h2-11,14-15,23,28H,12-13,16-18H2,1H3,(H,27,29). The SMILES string of the molecule is COc1ccc(C(=O)NCc2ccccc2COCc2ccccc2)cc1S(=O)(=O)NC1CC1. The van der Waals surface area contributed by atoms with E-state index >= 15 is 0 Å². The summed E-state index contributed by atoms with van der Waals surface area (Å²) in [5.41, 5.74) is 3.25. The maximum atomic E-state index is 12.8. The zero-order chi connectivity index (χ0) is 24.0. The number of ether oxygens (including phenoxy) is 2. The lowest BCUT2D eigenvalue weighted by Gasteiger charge is -2.14. The second-order valence-corrected chi connectivity index (χ2v) is 9.87. The Morgan fingerprint density at radius 3 is 2.35 bits per heavy atom. The van der Waals surface area contributed by atoms with Crippen LogP contribution in [0.3, 0.4) is 0 Å². The maximum absolute atomic E-state index is 12.8. The van der Waals surface area contributed by atoms with Gasteiger partial charge in [-0.15, -0.1) is 0 Å². The first-order valence-corrected chi connectivity index (χ1v) is 12.6. The Hall–Kier alpha value is -3.20. The van der Waals surface area contributed by atoms with E-state index in [0.29, 0.717) is 13.2 Å². The molecule has 3 aromatic rings. The number of hydrogen-bond donors (Lipinski definition) is 2. The molecule has 0 heterocycles. The highest BCUT2D eigenvalue weighted by Crippen LogP contribution is 2.28. The fraction of sp³-hybridized carbons (Fsp3) is 0.269. The molecule has 4 rings (SSSR count). The Bertz CT molecular complexity index is 1240. The molecular formula is C26H28N2O5S. The number of hydrogen-bond acceptors (Lipinski definition) is 5. The van der Waals surface area contributed by atoms with Crippen molar-refractivity contribution in [2.24, 2.45) is 0 Å². The molecule has 1 saturated carbocycles. The van der Waals surface area contributed by atoms with Gasteiger partial charge in [-0.3, -0.25) is 4.79 Å². The minimum atomic E-state index is -3.77. The largest absolute Gasteiger partial charge is 0.495 e. The molecule has 0 unspecified atom stereocenters. The van der Waals surface area contributed by atoms with Crippen LogP contribution in [0, 0.1) is 0 Å². The van der Waals surface area contributed by atoms with Crippen molar-refractivity contribution in [2.45, 2.75) is 43.5 Å². The zero-order valence-corrected chi connectivity index (χ0v) is 19.8. The summed E-state index contributed by atoms with van der Waals surface area (Å²) in [5.74, 6) is -0.170. The molecule has 3 aromatic carbocycles. The van der Waals surface area contributed by atoms with Crippen LogP contribution in [-0.2, 0) is 34.5 Å². The Balaban J connectivity index is 1.41. The first-order chi connectivity index (χ1) is 16.5. The van der Waals surface area contributed by atoms with Crippen molar-refractivity contribution in [2.75, 3.05) is 7.11 Å². The van der Waals surface area contributed by atoms with E-state index in [4.69, 9.17) is 9.47 Å². The smallest absolute Gasteiger partial charge is 0.251 e. The van der Waals surface area contributed by atoms with Gasteiger partial charge in [0, 0.05) is 18.2 Å². The lowest BCUT2D eigenvalue weighted by atomic mass is 10.1. The number of carbonyl (C=O) groups excluding carboxylic acids is 1. The molecule has 0 aliphatic heterocycles. The van der Waals surface area contributed by atoms with Crippen LogP contribution in [0.15, 0.2) is 77.7 Å². The van der Waals surface area contributed by atoms with Crippen LogP contribution in [0.25, 0.3) is 0 Å².